The maximum absolute atomic E-state index is 12.3. The summed E-state index contributed by atoms with van der Waals surface area (Å²) in [4.78, 5) is 14.0. The van der Waals surface area contributed by atoms with Crippen LogP contribution in [0.5, 0.6) is 0 Å². The summed E-state index contributed by atoms with van der Waals surface area (Å²) < 4.78 is 3.25. The summed E-state index contributed by atoms with van der Waals surface area (Å²) in [5.41, 5.74) is 1.17. The lowest BCUT2D eigenvalue weighted by atomic mass is 10.2. The van der Waals surface area contributed by atoms with Crippen molar-refractivity contribution in [1.29, 1.82) is 5.26 Å². The van der Waals surface area contributed by atoms with Crippen molar-refractivity contribution >= 4 is 32.7 Å². The van der Waals surface area contributed by atoms with Crippen LogP contribution in [0, 0.1) is 11.3 Å². The molecule has 2 atom stereocenters. The van der Waals surface area contributed by atoms with Crippen LogP contribution in [0.4, 0.5) is 0 Å². The third kappa shape index (κ3) is 3.63. The molecule has 0 saturated carbocycles. The third-order valence-corrected chi connectivity index (χ3v) is 5.02. The van der Waals surface area contributed by atoms with Gasteiger partial charge < -0.3 is 14.8 Å². The highest BCUT2D eigenvalue weighted by Crippen LogP contribution is 2.21. The SMILES string of the molecule is C[C@@H](Cn1ccc2ccc(Br)cc21)NCC(=O)N1CCC[C@H]1C#N. The molecule has 6 heteroatoms. The van der Waals surface area contributed by atoms with E-state index in [0.717, 1.165) is 23.9 Å². The van der Waals surface area contributed by atoms with Gasteiger partial charge in [0.05, 0.1) is 12.6 Å². The van der Waals surface area contributed by atoms with Gasteiger partial charge in [0.1, 0.15) is 6.04 Å². The van der Waals surface area contributed by atoms with Crippen LogP contribution < -0.4 is 5.32 Å². The van der Waals surface area contributed by atoms with Gasteiger partial charge in [-0.2, -0.15) is 5.26 Å². The predicted octanol–water partition coefficient (Wildman–Crippen LogP) is 2.90. The highest BCUT2D eigenvalue weighted by molar-refractivity contribution is 9.10. The van der Waals surface area contributed by atoms with Gasteiger partial charge in [0.15, 0.2) is 0 Å². The van der Waals surface area contributed by atoms with E-state index in [1.807, 2.05) is 6.07 Å². The van der Waals surface area contributed by atoms with Gasteiger partial charge in [0.25, 0.3) is 0 Å². The first-order valence-electron chi connectivity index (χ1n) is 8.25. The average Bonchev–Trinajstić information content (AvgIpc) is 3.19. The maximum atomic E-state index is 12.3. The van der Waals surface area contributed by atoms with Gasteiger partial charge in [-0.3, -0.25) is 4.79 Å². The van der Waals surface area contributed by atoms with Gasteiger partial charge in [-0.25, -0.2) is 0 Å². The molecule has 5 nitrogen and oxygen atoms in total. The van der Waals surface area contributed by atoms with Gasteiger partial charge in [-0.15, -0.1) is 0 Å². The number of aromatic nitrogens is 1. The minimum absolute atomic E-state index is 0.0195. The van der Waals surface area contributed by atoms with Gasteiger partial charge in [0.2, 0.25) is 5.91 Å². The summed E-state index contributed by atoms with van der Waals surface area (Å²) in [6.07, 6.45) is 3.79. The summed E-state index contributed by atoms with van der Waals surface area (Å²) in [5.74, 6) is 0.0195. The van der Waals surface area contributed by atoms with Crippen molar-refractivity contribution in [3.05, 3.63) is 34.9 Å². The van der Waals surface area contributed by atoms with Crippen molar-refractivity contribution in [1.82, 2.24) is 14.8 Å². The van der Waals surface area contributed by atoms with Crippen LogP contribution >= 0.6 is 15.9 Å². The Bertz CT molecular complexity index is 779. The lowest BCUT2D eigenvalue weighted by molar-refractivity contribution is -0.130. The fourth-order valence-corrected chi connectivity index (χ4v) is 3.59. The number of nitrogens with one attached hydrogen (secondary N) is 1. The largest absolute Gasteiger partial charge is 0.346 e. The quantitative estimate of drug-likeness (QED) is 0.856. The molecule has 1 N–H and O–H groups in total. The van der Waals surface area contributed by atoms with Gasteiger partial charge >= 0.3 is 0 Å². The molecule has 2 aromatic rings. The zero-order valence-electron chi connectivity index (χ0n) is 13.7. The summed E-state index contributed by atoms with van der Waals surface area (Å²) in [7, 11) is 0. The summed E-state index contributed by atoms with van der Waals surface area (Å²) >= 11 is 3.51. The van der Waals surface area contributed by atoms with E-state index in [4.69, 9.17) is 5.26 Å². The van der Waals surface area contributed by atoms with E-state index in [0.29, 0.717) is 6.54 Å². The van der Waals surface area contributed by atoms with Crippen LogP contribution in [-0.2, 0) is 11.3 Å². The zero-order valence-corrected chi connectivity index (χ0v) is 15.3. The van der Waals surface area contributed by atoms with E-state index in [9.17, 15) is 4.79 Å². The third-order valence-electron chi connectivity index (χ3n) is 4.53. The van der Waals surface area contributed by atoms with Crippen molar-refractivity contribution in [3.63, 3.8) is 0 Å². The second-order valence-electron chi connectivity index (χ2n) is 6.33. The summed E-state index contributed by atoms with van der Waals surface area (Å²) in [6.45, 7) is 3.84. The van der Waals surface area contributed by atoms with E-state index in [2.05, 4.69) is 63.2 Å². The van der Waals surface area contributed by atoms with Crippen molar-refractivity contribution in [2.75, 3.05) is 13.1 Å². The fraction of sp³-hybridized carbons (Fsp3) is 0.444. The monoisotopic (exact) mass is 388 g/mol. The van der Waals surface area contributed by atoms with Crippen molar-refractivity contribution in [2.24, 2.45) is 0 Å². The molecule has 0 radical (unpaired) electrons. The van der Waals surface area contributed by atoms with Gasteiger partial charge in [-0.1, -0.05) is 22.0 Å². The molecule has 1 aliphatic rings. The number of carbonyl (C=O) groups is 1. The summed E-state index contributed by atoms with van der Waals surface area (Å²) in [5, 5.41) is 13.6. The number of benzene rings is 1. The number of hydrogen-bond acceptors (Lipinski definition) is 3. The molecular weight excluding hydrogens is 368 g/mol. The Morgan fingerprint density at radius 3 is 3.12 bits per heavy atom. The smallest absolute Gasteiger partial charge is 0.237 e. The topological polar surface area (TPSA) is 61.1 Å². The second-order valence-corrected chi connectivity index (χ2v) is 7.24. The number of nitriles is 1. The molecule has 0 bridgehead atoms. The Morgan fingerprint density at radius 1 is 1.50 bits per heavy atom. The number of likely N-dealkylation sites (tertiary alicyclic amines) is 1. The maximum Gasteiger partial charge on any atom is 0.237 e. The Balaban J connectivity index is 1.57. The molecule has 126 valence electrons. The predicted molar refractivity (Wildman–Crippen MR) is 97.5 cm³/mol. The van der Waals surface area contributed by atoms with E-state index >= 15 is 0 Å². The van der Waals surface area contributed by atoms with Crippen LogP contribution in [0.1, 0.15) is 19.8 Å². The second kappa shape index (κ2) is 7.37. The summed E-state index contributed by atoms with van der Waals surface area (Å²) in [6, 6.07) is 10.5. The average molecular weight is 389 g/mol. The standard InChI is InChI=1S/C18H21BrN4O/c1-13(21-11-18(24)23-7-2-3-16(23)10-20)12-22-8-6-14-4-5-15(19)9-17(14)22/h4-6,8-9,13,16,21H,2-3,7,11-12H2,1H3/t13-,16-/m0/s1. The first kappa shape index (κ1) is 17.0. The molecule has 1 saturated heterocycles. The molecule has 1 aliphatic heterocycles. The van der Waals surface area contributed by atoms with Crippen molar-refractivity contribution < 1.29 is 4.79 Å². The molecule has 0 spiro atoms. The van der Waals surface area contributed by atoms with E-state index in [1.165, 1.54) is 10.9 Å². The Labute approximate surface area is 150 Å². The molecule has 3 rings (SSSR count). The Kier molecular flexibility index (Phi) is 5.22. The number of amides is 1. The molecule has 0 unspecified atom stereocenters. The van der Waals surface area contributed by atoms with E-state index in [-0.39, 0.29) is 24.5 Å². The number of nitrogens with zero attached hydrogens (tertiary/aromatic N) is 3. The van der Waals surface area contributed by atoms with Crippen LogP contribution in [0.15, 0.2) is 34.9 Å². The molecule has 1 amide bonds. The van der Waals surface area contributed by atoms with E-state index in [1.54, 1.807) is 4.90 Å². The minimum Gasteiger partial charge on any atom is -0.346 e. The van der Waals surface area contributed by atoms with Gasteiger partial charge in [0, 0.05) is 35.3 Å². The van der Waals surface area contributed by atoms with Crippen LogP contribution in [-0.4, -0.2) is 40.5 Å². The first-order chi connectivity index (χ1) is 11.6. The molecule has 1 fully saturated rings. The van der Waals surface area contributed by atoms with Crippen molar-refractivity contribution in [3.8, 4) is 6.07 Å². The Hall–Kier alpha value is -1.84. The highest BCUT2D eigenvalue weighted by Gasteiger charge is 2.28. The van der Waals surface area contributed by atoms with Gasteiger partial charge in [-0.05, 0) is 43.4 Å². The number of hydrogen-bond donors (Lipinski definition) is 1. The first-order valence-corrected chi connectivity index (χ1v) is 9.04. The lowest BCUT2D eigenvalue weighted by Gasteiger charge is -2.21. The number of carbonyl (C=O) groups excluding carboxylic acids is 1. The zero-order chi connectivity index (χ0) is 17.1. The minimum atomic E-state index is -0.250. The molecule has 1 aromatic carbocycles. The number of rotatable bonds is 5. The highest BCUT2D eigenvalue weighted by atomic mass is 79.9. The number of fused-ring (bicyclic) bond motifs is 1. The van der Waals surface area contributed by atoms with Crippen LogP contribution in [0.3, 0.4) is 0 Å². The molecular formula is C18H21BrN4O. The van der Waals surface area contributed by atoms with E-state index < -0.39 is 0 Å². The molecule has 2 heterocycles. The normalized spacial score (nSPS) is 18.7. The van der Waals surface area contributed by atoms with Crippen LogP contribution in [0.25, 0.3) is 10.9 Å². The fourth-order valence-electron chi connectivity index (χ4n) is 3.24. The molecule has 1 aromatic heterocycles. The lowest BCUT2D eigenvalue weighted by Crippen LogP contribution is -2.43. The number of halogens is 1. The molecule has 0 aliphatic carbocycles. The Morgan fingerprint density at radius 2 is 2.33 bits per heavy atom. The molecule has 24 heavy (non-hydrogen) atoms. The van der Waals surface area contributed by atoms with Crippen molar-refractivity contribution in [2.45, 2.75) is 38.4 Å². The van der Waals surface area contributed by atoms with Crippen LogP contribution in [0.2, 0.25) is 0 Å².